The van der Waals surface area contributed by atoms with Gasteiger partial charge in [0.05, 0.1) is 0 Å². The van der Waals surface area contributed by atoms with E-state index >= 15 is 0 Å². The Balaban J connectivity index is 3.63. The first-order valence-corrected chi connectivity index (χ1v) is 3.70. The Hall–Kier alpha value is -1.66. The van der Waals surface area contributed by atoms with Crippen LogP contribution in [-0.4, -0.2) is 28.3 Å². The van der Waals surface area contributed by atoms with Crippen LogP contribution < -0.4 is 5.73 Å². The number of hydrogen-bond donors (Lipinski definition) is 2. The van der Waals surface area contributed by atoms with E-state index in [1.807, 2.05) is 0 Å². The first-order chi connectivity index (χ1) is 6.07. The maximum absolute atomic E-state index is 10.5. The molecule has 0 aromatic heterocycles. The van der Waals surface area contributed by atoms with Gasteiger partial charge in [-0.2, -0.15) is 0 Å². The second kappa shape index (κ2) is 5.92. The number of rotatable bonds is 6. The molecule has 0 spiro atoms. The van der Waals surface area contributed by atoms with Crippen molar-refractivity contribution in [1.29, 1.82) is 0 Å². The van der Waals surface area contributed by atoms with E-state index in [1.165, 1.54) is 0 Å². The summed E-state index contributed by atoms with van der Waals surface area (Å²) in [5.74, 6) is -0.802. The van der Waals surface area contributed by atoms with Crippen molar-refractivity contribution < 1.29 is 14.9 Å². The molecule has 0 fully saturated rings. The van der Waals surface area contributed by atoms with Gasteiger partial charge in [-0.05, 0) is 12.8 Å². The zero-order chi connectivity index (χ0) is 10.3. The predicted molar refractivity (Wildman–Crippen MR) is 44.1 cm³/mol. The van der Waals surface area contributed by atoms with E-state index < -0.39 is 10.8 Å². The summed E-state index contributed by atoms with van der Waals surface area (Å²) >= 11 is 0. The molecule has 0 bridgehead atoms. The topological polar surface area (TPSA) is 119 Å². The predicted octanol–water partition coefficient (Wildman–Crippen LogP) is -0.251. The van der Waals surface area contributed by atoms with Gasteiger partial charge in [0.2, 0.25) is 6.54 Å². The highest BCUT2D eigenvalue weighted by Crippen LogP contribution is 1.97. The number of primary amides is 1. The van der Waals surface area contributed by atoms with Crippen LogP contribution in [0.5, 0.6) is 0 Å². The van der Waals surface area contributed by atoms with Crippen molar-refractivity contribution >= 4 is 11.6 Å². The molecule has 0 radical (unpaired) electrons. The number of amides is 1. The molecule has 0 saturated heterocycles. The van der Waals surface area contributed by atoms with E-state index in [0.717, 1.165) is 0 Å². The molecule has 74 valence electrons. The molecular weight excluding hydrogens is 178 g/mol. The van der Waals surface area contributed by atoms with Gasteiger partial charge >= 0.3 is 0 Å². The molecule has 0 aliphatic carbocycles. The minimum absolute atomic E-state index is 0.150. The van der Waals surface area contributed by atoms with Crippen LogP contribution in [0.4, 0.5) is 0 Å². The molecule has 0 aliphatic rings. The summed E-state index contributed by atoms with van der Waals surface area (Å²) in [5.41, 5.74) is 4.68. The fourth-order valence-corrected chi connectivity index (χ4v) is 0.756. The van der Waals surface area contributed by atoms with Crippen LogP contribution in [0, 0.1) is 10.1 Å². The SMILES string of the molecule is NC(=O)C(CCCC[N+](=O)[O-])=NO. The lowest BCUT2D eigenvalue weighted by Gasteiger charge is -1.97. The average molecular weight is 189 g/mol. The minimum Gasteiger partial charge on any atom is -0.410 e. The van der Waals surface area contributed by atoms with Gasteiger partial charge in [0, 0.05) is 11.3 Å². The summed E-state index contributed by atoms with van der Waals surface area (Å²) in [6.07, 6.45) is 0.905. The standard InChI is InChI=1S/C6H11N3O4/c7-6(10)5(8-11)3-1-2-4-9(12)13/h11H,1-4H2,(H2,7,10). The monoisotopic (exact) mass is 189 g/mol. The second-order valence-corrected chi connectivity index (χ2v) is 2.42. The van der Waals surface area contributed by atoms with E-state index in [-0.39, 0.29) is 18.7 Å². The van der Waals surface area contributed by atoms with Crippen molar-refractivity contribution in [2.45, 2.75) is 19.3 Å². The number of nitrogens with two attached hydrogens (primary N) is 1. The van der Waals surface area contributed by atoms with Crippen LogP contribution in [0.3, 0.4) is 0 Å². The van der Waals surface area contributed by atoms with Crippen LogP contribution in [0.15, 0.2) is 5.16 Å². The van der Waals surface area contributed by atoms with Crippen molar-refractivity contribution in [3.05, 3.63) is 10.1 Å². The van der Waals surface area contributed by atoms with Crippen LogP contribution in [0.1, 0.15) is 19.3 Å². The van der Waals surface area contributed by atoms with E-state index in [2.05, 4.69) is 5.16 Å². The molecule has 3 N–H and O–H groups in total. The van der Waals surface area contributed by atoms with Gasteiger partial charge in [0.1, 0.15) is 5.71 Å². The van der Waals surface area contributed by atoms with Gasteiger partial charge in [0.25, 0.3) is 5.91 Å². The van der Waals surface area contributed by atoms with E-state index in [9.17, 15) is 14.9 Å². The van der Waals surface area contributed by atoms with Crippen molar-refractivity contribution in [2.24, 2.45) is 10.9 Å². The lowest BCUT2D eigenvalue weighted by atomic mass is 10.1. The van der Waals surface area contributed by atoms with Crippen molar-refractivity contribution in [3.63, 3.8) is 0 Å². The molecular formula is C6H11N3O4. The lowest BCUT2D eigenvalue weighted by molar-refractivity contribution is -0.480. The maximum atomic E-state index is 10.5. The molecule has 0 unspecified atom stereocenters. The van der Waals surface area contributed by atoms with Crippen LogP contribution in [-0.2, 0) is 4.79 Å². The van der Waals surface area contributed by atoms with E-state index in [1.54, 1.807) is 0 Å². The van der Waals surface area contributed by atoms with E-state index in [0.29, 0.717) is 12.8 Å². The Morgan fingerprint density at radius 2 is 2.15 bits per heavy atom. The van der Waals surface area contributed by atoms with Gasteiger partial charge in [-0.1, -0.05) is 5.16 Å². The van der Waals surface area contributed by atoms with E-state index in [4.69, 9.17) is 10.9 Å². The Kier molecular flexibility index (Phi) is 5.17. The molecule has 0 saturated carbocycles. The fraction of sp³-hybridized carbons (Fsp3) is 0.667. The first-order valence-electron chi connectivity index (χ1n) is 3.70. The number of carbonyl (C=O) groups excluding carboxylic acids is 1. The Morgan fingerprint density at radius 1 is 1.54 bits per heavy atom. The summed E-state index contributed by atoms with van der Waals surface area (Å²) in [4.78, 5) is 19.9. The molecule has 0 heterocycles. The zero-order valence-electron chi connectivity index (χ0n) is 6.97. The maximum Gasteiger partial charge on any atom is 0.266 e. The van der Waals surface area contributed by atoms with Crippen LogP contribution in [0.2, 0.25) is 0 Å². The molecule has 0 rings (SSSR count). The second-order valence-electron chi connectivity index (χ2n) is 2.42. The average Bonchev–Trinajstić information content (AvgIpc) is 2.03. The summed E-state index contributed by atoms with van der Waals surface area (Å²) in [6, 6.07) is 0. The zero-order valence-corrected chi connectivity index (χ0v) is 6.97. The fourth-order valence-electron chi connectivity index (χ4n) is 0.756. The van der Waals surface area contributed by atoms with Crippen LogP contribution >= 0.6 is 0 Å². The van der Waals surface area contributed by atoms with Gasteiger partial charge in [-0.15, -0.1) is 0 Å². The van der Waals surface area contributed by atoms with Crippen molar-refractivity contribution in [2.75, 3.05) is 6.54 Å². The van der Waals surface area contributed by atoms with Crippen molar-refractivity contribution in [3.8, 4) is 0 Å². The molecule has 1 amide bonds. The summed E-state index contributed by atoms with van der Waals surface area (Å²) in [6.45, 7) is -0.155. The number of unbranched alkanes of at least 4 members (excludes halogenated alkanes) is 1. The molecule has 13 heavy (non-hydrogen) atoms. The lowest BCUT2D eigenvalue weighted by Crippen LogP contribution is -2.23. The molecule has 0 aliphatic heterocycles. The van der Waals surface area contributed by atoms with Gasteiger partial charge in [0.15, 0.2) is 0 Å². The van der Waals surface area contributed by atoms with Gasteiger partial charge in [-0.25, -0.2) is 0 Å². The molecule has 0 atom stereocenters. The normalized spacial score (nSPS) is 11.2. The quantitative estimate of drug-likeness (QED) is 0.197. The molecule has 7 heteroatoms. The Labute approximate surface area is 74.4 Å². The van der Waals surface area contributed by atoms with Crippen LogP contribution in [0.25, 0.3) is 0 Å². The third-order valence-corrected chi connectivity index (χ3v) is 1.41. The highest BCUT2D eigenvalue weighted by molar-refractivity contribution is 6.38. The number of oxime groups is 1. The third kappa shape index (κ3) is 5.59. The summed E-state index contributed by atoms with van der Waals surface area (Å²) in [5, 5.41) is 20.8. The number of hydrogen-bond acceptors (Lipinski definition) is 5. The summed E-state index contributed by atoms with van der Waals surface area (Å²) < 4.78 is 0. The number of nitro groups is 1. The number of nitrogens with zero attached hydrogens (tertiary/aromatic N) is 2. The van der Waals surface area contributed by atoms with Gasteiger partial charge in [-0.3, -0.25) is 14.9 Å². The number of carbonyl (C=O) groups is 1. The minimum atomic E-state index is -0.802. The Bertz CT molecular complexity index is 226. The summed E-state index contributed by atoms with van der Waals surface area (Å²) in [7, 11) is 0. The largest absolute Gasteiger partial charge is 0.410 e. The molecule has 0 aromatic rings. The smallest absolute Gasteiger partial charge is 0.266 e. The molecule has 0 aromatic carbocycles. The first kappa shape index (κ1) is 11.3. The highest BCUT2D eigenvalue weighted by atomic mass is 16.6. The molecule has 7 nitrogen and oxygen atoms in total. The Morgan fingerprint density at radius 3 is 2.54 bits per heavy atom. The van der Waals surface area contributed by atoms with Crippen molar-refractivity contribution in [1.82, 2.24) is 0 Å². The van der Waals surface area contributed by atoms with Gasteiger partial charge < -0.3 is 10.9 Å². The third-order valence-electron chi connectivity index (χ3n) is 1.41. The highest BCUT2D eigenvalue weighted by Gasteiger charge is 2.07.